The fourth-order valence-electron chi connectivity index (χ4n) is 2.38. The van der Waals surface area contributed by atoms with Crippen LogP contribution in [-0.2, 0) is 27.8 Å². The molecule has 1 aromatic rings. The average Bonchev–Trinajstić information content (AvgIpc) is 3.24. The standard InChI is InChI=1S/C13H21N3O3S2/c1-15(21(17,18)12-2-3-12)8-11-10-20-13(14-11)9-16-4-6-19-7-5-16/h10,12H,2-9H2,1H3. The zero-order chi connectivity index (χ0) is 14.9. The minimum absolute atomic E-state index is 0.158. The van der Waals surface area contributed by atoms with E-state index in [-0.39, 0.29) is 5.25 Å². The second kappa shape index (κ2) is 6.29. The molecule has 1 saturated carbocycles. The maximum Gasteiger partial charge on any atom is 0.217 e. The molecule has 0 atom stereocenters. The van der Waals surface area contributed by atoms with E-state index in [1.54, 1.807) is 18.4 Å². The number of morpholine rings is 1. The van der Waals surface area contributed by atoms with E-state index in [0.29, 0.717) is 6.54 Å². The van der Waals surface area contributed by atoms with Crippen LogP contribution >= 0.6 is 11.3 Å². The first-order chi connectivity index (χ1) is 10.1. The van der Waals surface area contributed by atoms with E-state index in [2.05, 4.69) is 9.88 Å². The highest BCUT2D eigenvalue weighted by atomic mass is 32.2. The largest absolute Gasteiger partial charge is 0.379 e. The van der Waals surface area contributed by atoms with E-state index in [9.17, 15) is 8.42 Å². The zero-order valence-corrected chi connectivity index (χ0v) is 13.8. The molecule has 0 radical (unpaired) electrons. The quantitative estimate of drug-likeness (QED) is 0.775. The normalized spacial score (nSPS) is 21.0. The minimum atomic E-state index is -3.11. The minimum Gasteiger partial charge on any atom is -0.379 e. The molecule has 0 unspecified atom stereocenters. The van der Waals surface area contributed by atoms with Gasteiger partial charge in [-0.3, -0.25) is 4.90 Å². The molecule has 1 aliphatic heterocycles. The van der Waals surface area contributed by atoms with Crippen molar-refractivity contribution in [2.75, 3.05) is 33.4 Å². The van der Waals surface area contributed by atoms with Gasteiger partial charge in [-0.15, -0.1) is 11.3 Å². The molecule has 0 amide bonds. The Morgan fingerprint density at radius 3 is 2.81 bits per heavy atom. The summed E-state index contributed by atoms with van der Waals surface area (Å²) in [6.07, 6.45) is 1.60. The molecule has 3 rings (SSSR count). The van der Waals surface area contributed by atoms with Gasteiger partial charge in [0.2, 0.25) is 10.0 Å². The van der Waals surface area contributed by atoms with Gasteiger partial charge in [0.1, 0.15) is 5.01 Å². The second-order valence-corrected chi connectivity index (χ2v) is 8.88. The summed E-state index contributed by atoms with van der Waals surface area (Å²) in [6.45, 7) is 4.63. The Morgan fingerprint density at radius 1 is 1.43 bits per heavy atom. The highest BCUT2D eigenvalue weighted by Crippen LogP contribution is 2.31. The summed E-state index contributed by atoms with van der Waals surface area (Å²) in [5.74, 6) is 0. The van der Waals surface area contributed by atoms with E-state index in [0.717, 1.165) is 56.4 Å². The van der Waals surface area contributed by atoms with Crippen molar-refractivity contribution >= 4 is 21.4 Å². The first kappa shape index (κ1) is 15.4. The van der Waals surface area contributed by atoms with Gasteiger partial charge >= 0.3 is 0 Å². The molecule has 8 heteroatoms. The molecule has 6 nitrogen and oxygen atoms in total. The molecule has 1 aliphatic carbocycles. The molecule has 0 N–H and O–H groups in total. The van der Waals surface area contributed by atoms with Crippen molar-refractivity contribution in [1.29, 1.82) is 0 Å². The SMILES string of the molecule is CN(Cc1csc(CN2CCOCC2)n1)S(=O)(=O)C1CC1. The van der Waals surface area contributed by atoms with Crippen LogP contribution in [0.25, 0.3) is 0 Å². The molecule has 118 valence electrons. The number of nitrogens with zero attached hydrogens (tertiary/aromatic N) is 3. The second-order valence-electron chi connectivity index (χ2n) is 5.62. The van der Waals surface area contributed by atoms with Crippen LogP contribution in [0, 0.1) is 0 Å². The van der Waals surface area contributed by atoms with Crippen molar-refractivity contribution in [2.45, 2.75) is 31.2 Å². The summed E-state index contributed by atoms with van der Waals surface area (Å²) in [5, 5.41) is 2.85. The first-order valence-corrected chi connectivity index (χ1v) is 9.62. The maximum atomic E-state index is 12.1. The smallest absolute Gasteiger partial charge is 0.217 e. The first-order valence-electron chi connectivity index (χ1n) is 7.24. The number of rotatable bonds is 6. The summed E-state index contributed by atoms with van der Waals surface area (Å²) in [7, 11) is -1.46. The average molecular weight is 331 g/mol. The van der Waals surface area contributed by atoms with E-state index in [4.69, 9.17) is 4.74 Å². The van der Waals surface area contributed by atoms with Crippen LogP contribution in [0.4, 0.5) is 0 Å². The van der Waals surface area contributed by atoms with Crippen molar-refractivity contribution in [2.24, 2.45) is 0 Å². The molecule has 1 saturated heterocycles. The summed E-state index contributed by atoms with van der Waals surface area (Å²) < 4.78 is 31.0. The fraction of sp³-hybridized carbons (Fsp3) is 0.769. The van der Waals surface area contributed by atoms with E-state index >= 15 is 0 Å². The van der Waals surface area contributed by atoms with E-state index < -0.39 is 10.0 Å². The van der Waals surface area contributed by atoms with Gasteiger partial charge in [0, 0.05) is 25.5 Å². The predicted octanol–water partition coefficient (Wildman–Crippen LogP) is 0.899. The summed E-state index contributed by atoms with van der Waals surface area (Å²) in [4.78, 5) is 6.88. The van der Waals surface area contributed by atoms with Crippen molar-refractivity contribution in [3.8, 4) is 0 Å². The van der Waals surface area contributed by atoms with Gasteiger partial charge in [0.15, 0.2) is 0 Å². The number of ether oxygens (including phenoxy) is 1. The lowest BCUT2D eigenvalue weighted by atomic mass is 10.4. The number of aromatic nitrogens is 1. The molecule has 21 heavy (non-hydrogen) atoms. The summed E-state index contributed by atoms with van der Waals surface area (Å²) >= 11 is 1.60. The lowest BCUT2D eigenvalue weighted by Gasteiger charge is -2.25. The molecule has 0 spiro atoms. The summed E-state index contributed by atoms with van der Waals surface area (Å²) in [5.41, 5.74) is 0.843. The molecular formula is C13H21N3O3S2. The number of sulfonamides is 1. The molecule has 0 bridgehead atoms. The molecule has 0 aromatic carbocycles. The van der Waals surface area contributed by atoms with Crippen LogP contribution in [-0.4, -0.2) is 61.2 Å². The Kier molecular flexibility index (Phi) is 4.60. The number of hydrogen-bond acceptors (Lipinski definition) is 6. The predicted molar refractivity (Wildman–Crippen MR) is 81.6 cm³/mol. The van der Waals surface area contributed by atoms with Crippen molar-refractivity contribution in [3.63, 3.8) is 0 Å². The molecule has 2 aliphatic rings. The molecule has 2 fully saturated rings. The van der Waals surface area contributed by atoms with Gasteiger partial charge in [0.05, 0.1) is 37.2 Å². The Hall–Kier alpha value is -0.540. The van der Waals surface area contributed by atoms with Crippen LogP contribution in [0.2, 0.25) is 0 Å². The zero-order valence-electron chi connectivity index (χ0n) is 12.2. The van der Waals surface area contributed by atoms with E-state index in [1.165, 1.54) is 4.31 Å². The van der Waals surface area contributed by atoms with Gasteiger partial charge in [-0.25, -0.2) is 13.4 Å². The topological polar surface area (TPSA) is 62.7 Å². The monoisotopic (exact) mass is 331 g/mol. The van der Waals surface area contributed by atoms with Gasteiger partial charge in [-0.2, -0.15) is 4.31 Å². The van der Waals surface area contributed by atoms with Crippen LogP contribution in [0.3, 0.4) is 0 Å². The number of thiazole rings is 1. The Labute approximate surface area is 129 Å². The highest BCUT2D eigenvalue weighted by molar-refractivity contribution is 7.90. The Bertz CT molecular complexity index is 577. The van der Waals surface area contributed by atoms with Crippen LogP contribution in [0.15, 0.2) is 5.38 Å². The Balaban J connectivity index is 1.57. The van der Waals surface area contributed by atoms with Gasteiger partial charge in [0.25, 0.3) is 0 Å². The summed E-state index contributed by atoms with van der Waals surface area (Å²) in [6, 6.07) is 0. The maximum absolute atomic E-state index is 12.1. The highest BCUT2D eigenvalue weighted by Gasteiger charge is 2.38. The van der Waals surface area contributed by atoms with Crippen molar-refractivity contribution < 1.29 is 13.2 Å². The van der Waals surface area contributed by atoms with Crippen molar-refractivity contribution in [3.05, 3.63) is 16.1 Å². The van der Waals surface area contributed by atoms with Gasteiger partial charge in [-0.1, -0.05) is 0 Å². The molecule has 1 aromatic heterocycles. The van der Waals surface area contributed by atoms with Crippen LogP contribution in [0.1, 0.15) is 23.5 Å². The lowest BCUT2D eigenvalue weighted by molar-refractivity contribution is 0.0341. The third-order valence-electron chi connectivity index (χ3n) is 3.83. The van der Waals surface area contributed by atoms with Crippen LogP contribution in [0.5, 0.6) is 0 Å². The molecule has 2 heterocycles. The lowest BCUT2D eigenvalue weighted by Crippen LogP contribution is -2.35. The fourth-order valence-corrected chi connectivity index (χ4v) is 4.76. The third-order valence-corrected chi connectivity index (χ3v) is 7.02. The van der Waals surface area contributed by atoms with E-state index in [1.807, 2.05) is 5.38 Å². The van der Waals surface area contributed by atoms with Crippen molar-refractivity contribution in [1.82, 2.24) is 14.2 Å². The number of hydrogen-bond donors (Lipinski definition) is 0. The Morgan fingerprint density at radius 2 is 2.14 bits per heavy atom. The van der Waals surface area contributed by atoms with Gasteiger partial charge < -0.3 is 4.74 Å². The van der Waals surface area contributed by atoms with Gasteiger partial charge in [-0.05, 0) is 12.8 Å². The van der Waals surface area contributed by atoms with Crippen LogP contribution < -0.4 is 0 Å². The molecular weight excluding hydrogens is 310 g/mol. The third kappa shape index (κ3) is 3.81.